The Hall–Kier alpha value is -1.26. The molecule has 0 saturated carbocycles. The zero-order valence-electron chi connectivity index (χ0n) is 9.17. The van der Waals surface area contributed by atoms with E-state index in [0.29, 0.717) is 0 Å². The van der Waals surface area contributed by atoms with Gasteiger partial charge < -0.3 is 14.2 Å². The lowest BCUT2D eigenvalue weighted by molar-refractivity contribution is -0.276. The Morgan fingerprint density at radius 1 is 1.39 bits per heavy atom. The number of methoxy groups -OCH3 is 2. The van der Waals surface area contributed by atoms with Crippen LogP contribution in [0.25, 0.3) is 0 Å². The van der Waals surface area contributed by atoms with Crippen LogP contribution in [0.5, 0.6) is 11.6 Å². The maximum Gasteiger partial charge on any atom is 0.574 e. The molecule has 0 aromatic carbocycles. The molecule has 1 aromatic heterocycles. The van der Waals surface area contributed by atoms with Crippen LogP contribution in [0.4, 0.5) is 13.2 Å². The second-order valence-electron chi connectivity index (χ2n) is 2.86. The first kappa shape index (κ1) is 14.8. The van der Waals surface area contributed by atoms with Crippen molar-refractivity contribution in [2.24, 2.45) is 0 Å². The van der Waals surface area contributed by atoms with Gasteiger partial charge in [-0.15, -0.1) is 13.2 Å². The van der Waals surface area contributed by atoms with E-state index in [2.05, 4.69) is 14.5 Å². The highest BCUT2D eigenvalue weighted by molar-refractivity contribution is 14.1. The van der Waals surface area contributed by atoms with Crippen LogP contribution in [0, 0.1) is 3.57 Å². The van der Waals surface area contributed by atoms with E-state index >= 15 is 0 Å². The van der Waals surface area contributed by atoms with Crippen molar-refractivity contribution in [1.29, 1.82) is 0 Å². The van der Waals surface area contributed by atoms with Gasteiger partial charge in [0.25, 0.3) is 0 Å². The summed E-state index contributed by atoms with van der Waals surface area (Å²) in [6.07, 6.45) is -3.97. The molecule has 5 nitrogen and oxygen atoms in total. The van der Waals surface area contributed by atoms with Gasteiger partial charge >= 0.3 is 12.3 Å². The summed E-state index contributed by atoms with van der Waals surface area (Å²) in [6.45, 7) is 0. The minimum Gasteiger partial charge on any atom is -0.494 e. The van der Waals surface area contributed by atoms with E-state index in [-0.39, 0.29) is 14.9 Å². The van der Waals surface area contributed by atoms with E-state index in [1.54, 1.807) is 0 Å². The number of halogens is 4. The van der Waals surface area contributed by atoms with Gasteiger partial charge in [0.05, 0.1) is 14.2 Å². The summed E-state index contributed by atoms with van der Waals surface area (Å²) in [4.78, 5) is 14.7. The van der Waals surface area contributed by atoms with Gasteiger partial charge in [0.1, 0.15) is 9.13 Å². The number of pyridine rings is 1. The number of hydrogen-bond donors (Lipinski definition) is 0. The van der Waals surface area contributed by atoms with Gasteiger partial charge in [0.15, 0.2) is 5.75 Å². The van der Waals surface area contributed by atoms with E-state index in [9.17, 15) is 18.0 Å². The predicted molar refractivity (Wildman–Crippen MR) is 61.5 cm³/mol. The fourth-order valence-electron chi connectivity index (χ4n) is 1.09. The Labute approximate surface area is 113 Å². The molecule has 0 spiro atoms. The van der Waals surface area contributed by atoms with Crippen LogP contribution in [0.15, 0.2) is 6.20 Å². The number of carbonyl (C=O) groups excluding carboxylic acids is 1. The Bertz CT molecular complexity index is 464. The number of hydrogen-bond acceptors (Lipinski definition) is 5. The average molecular weight is 377 g/mol. The van der Waals surface area contributed by atoms with Crippen molar-refractivity contribution < 1.29 is 32.2 Å². The third-order valence-electron chi connectivity index (χ3n) is 1.76. The summed E-state index contributed by atoms with van der Waals surface area (Å²) in [5.41, 5.74) is -0.0843. The zero-order valence-corrected chi connectivity index (χ0v) is 11.3. The quantitative estimate of drug-likeness (QED) is 0.598. The number of esters is 1. The summed E-state index contributed by atoms with van der Waals surface area (Å²) in [5.74, 6) is -1.54. The lowest BCUT2D eigenvalue weighted by Gasteiger charge is -2.13. The van der Waals surface area contributed by atoms with E-state index in [1.165, 1.54) is 29.7 Å². The number of nitrogens with zero attached hydrogens (tertiary/aromatic N) is 1. The van der Waals surface area contributed by atoms with Crippen LogP contribution in [0.1, 0.15) is 10.4 Å². The highest BCUT2D eigenvalue weighted by atomic mass is 127. The monoisotopic (exact) mass is 377 g/mol. The van der Waals surface area contributed by atoms with Crippen molar-refractivity contribution in [3.8, 4) is 11.6 Å². The molecule has 18 heavy (non-hydrogen) atoms. The normalized spacial score (nSPS) is 11.0. The summed E-state index contributed by atoms with van der Waals surface area (Å²) < 4.78 is 49.2. The van der Waals surface area contributed by atoms with Crippen molar-refractivity contribution in [3.63, 3.8) is 0 Å². The topological polar surface area (TPSA) is 57.7 Å². The predicted octanol–water partition coefficient (Wildman–Crippen LogP) is 2.38. The molecular weight excluding hydrogens is 370 g/mol. The Morgan fingerprint density at radius 2 is 2.00 bits per heavy atom. The maximum absolute atomic E-state index is 12.1. The Kier molecular flexibility index (Phi) is 4.59. The van der Waals surface area contributed by atoms with Gasteiger partial charge in [-0.25, -0.2) is 9.78 Å². The molecule has 0 saturated heterocycles. The van der Waals surface area contributed by atoms with Crippen LogP contribution >= 0.6 is 22.6 Å². The minimum absolute atomic E-state index is 0.0738. The molecule has 1 aromatic rings. The Balaban J connectivity index is 3.24. The summed E-state index contributed by atoms with van der Waals surface area (Å²) in [5, 5.41) is 0. The molecule has 100 valence electrons. The first-order chi connectivity index (χ1) is 8.30. The largest absolute Gasteiger partial charge is 0.574 e. The molecule has 1 rings (SSSR count). The molecule has 0 bridgehead atoms. The number of ether oxygens (including phenoxy) is 3. The third kappa shape index (κ3) is 3.37. The van der Waals surface area contributed by atoms with Gasteiger partial charge in [-0.2, -0.15) is 0 Å². The van der Waals surface area contributed by atoms with Crippen LogP contribution in [0.3, 0.4) is 0 Å². The Morgan fingerprint density at radius 3 is 2.44 bits per heavy atom. The first-order valence-electron chi connectivity index (χ1n) is 4.36. The van der Waals surface area contributed by atoms with Crippen molar-refractivity contribution in [2.75, 3.05) is 14.2 Å². The SMILES string of the molecule is COC(=O)c1cnc(OC(F)(F)F)c(I)c1OC. The van der Waals surface area contributed by atoms with E-state index in [4.69, 9.17) is 4.74 Å². The summed E-state index contributed by atoms with van der Waals surface area (Å²) >= 11 is 1.54. The van der Waals surface area contributed by atoms with Gasteiger partial charge in [-0.05, 0) is 22.6 Å². The number of carbonyl (C=O) groups is 1. The number of alkyl halides is 3. The molecule has 0 N–H and O–H groups in total. The van der Waals surface area contributed by atoms with Crippen molar-refractivity contribution in [2.45, 2.75) is 6.36 Å². The first-order valence-corrected chi connectivity index (χ1v) is 5.44. The number of aromatic nitrogens is 1. The third-order valence-corrected chi connectivity index (χ3v) is 2.72. The van der Waals surface area contributed by atoms with Crippen LogP contribution in [-0.2, 0) is 4.74 Å². The van der Waals surface area contributed by atoms with E-state index in [0.717, 1.165) is 13.3 Å². The molecule has 0 aliphatic rings. The van der Waals surface area contributed by atoms with E-state index < -0.39 is 18.2 Å². The molecule has 0 radical (unpaired) electrons. The summed E-state index contributed by atoms with van der Waals surface area (Å²) in [6, 6.07) is 0. The molecule has 0 fully saturated rings. The maximum atomic E-state index is 12.1. The lowest BCUT2D eigenvalue weighted by Crippen LogP contribution is -2.19. The van der Waals surface area contributed by atoms with Crippen LogP contribution in [-0.4, -0.2) is 31.5 Å². The number of rotatable bonds is 3. The van der Waals surface area contributed by atoms with Crippen LogP contribution in [0.2, 0.25) is 0 Å². The molecule has 0 unspecified atom stereocenters. The molecule has 0 aliphatic heterocycles. The fourth-order valence-corrected chi connectivity index (χ4v) is 1.85. The van der Waals surface area contributed by atoms with E-state index in [1.807, 2.05) is 0 Å². The molecule has 0 atom stereocenters. The van der Waals surface area contributed by atoms with Crippen LogP contribution < -0.4 is 9.47 Å². The van der Waals surface area contributed by atoms with Gasteiger partial charge in [-0.3, -0.25) is 0 Å². The second-order valence-corrected chi connectivity index (χ2v) is 3.94. The molecule has 1 heterocycles. The molecule has 0 amide bonds. The zero-order chi connectivity index (χ0) is 13.9. The van der Waals surface area contributed by atoms with Gasteiger partial charge in [-0.1, -0.05) is 0 Å². The fraction of sp³-hybridized carbons (Fsp3) is 0.333. The highest BCUT2D eigenvalue weighted by Gasteiger charge is 2.34. The molecule has 9 heteroatoms. The smallest absolute Gasteiger partial charge is 0.494 e. The molecular formula is C9H7F3INO4. The standard InChI is InChI=1S/C9H7F3INO4/c1-16-6-4(8(15)17-2)3-14-7(5(6)13)18-9(10,11)12/h3H,1-2H3. The average Bonchev–Trinajstić information content (AvgIpc) is 2.28. The minimum atomic E-state index is -4.87. The second kappa shape index (κ2) is 5.59. The summed E-state index contributed by atoms with van der Waals surface area (Å²) in [7, 11) is 2.34. The lowest BCUT2D eigenvalue weighted by atomic mass is 10.2. The van der Waals surface area contributed by atoms with Crippen molar-refractivity contribution >= 4 is 28.6 Å². The van der Waals surface area contributed by atoms with Gasteiger partial charge in [0, 0.05) is 6.20 Å². The highest BCUT2D eigenvalue weighted by Crippen LogP contribution is 2.34. The van der Waals surface area contributed by atoms with Gasteiger partial charge in [0.2, 0.25) is 5.88 Å². The van der Waals surface area contributed by atoms with Crippen molar-refractivity contribution in [3.05, 3.63) is 15.3 Å². The van der Waals surface area contributed by atoms with Crippen molar-refractivity contribution in [1.82, 2.24) is 4.98 Å². The molecule has 0 aliphatic carbocycles.